The summed E-state index contributed by atoms with van der Waals surface area (Å²) in [6, 6.07) is 19.4. The fourth-order valence-corrected chi connectivity index (χ4v) is 2.31. The van der Waals surface area contributed by atoms with Crippen molar-refractivity contribution in [2.75, 3.05) is 0 Å². The predicted octanol–water partition coefficient (Wildman–Crippen LogP) is 3.51. The third-order valence-corrected chi connectivity index (χ3v) is 3.39. The van der Waals surface area contributed by atoms with Crippen LogP contribution in [0.4, 0.5) is 0 Å². The first-order valence-corrected chi connectivity index (χ1v) is 6.65. The molecule has 0 fully saturated rings. The monoisotopic (exact) mass is 274 g/mol. The topological polar surface area (TPSA) is 56.0 Å². The first-order chi connectivity index (χ1) is 10.3. The van der Waals surface area contributed by atoms with Crippen LogP contribution in [0.3, 0.4) is 0 Å². The summed E-state index contributed by atoms with van der Waals surface area (Å²) in [6.07, 6.45) is 3.62. The van der Waals surface area contributed by atoms with Gasteiger partial charge in [0.2, 0.25) is 5.91 Å². The van der Waals surface area contributed by atoms with Crippen molar-refractivity contribution >= 4 is 5.91 Å². The average Bonchev–Trinajstić information content (AvgIpc) is 2.56. The van der Waals surface area contributed by atoms with Crippen molar-refractivity contribution in [3.63, 3.8) is 0 Å². The molecule has 0 aliphatic rings. The van der Waals surface area contributed by atoms with Crippen LogP contribution in [-0.2, 0) is 0 Å². The standard InChI is InChI=1S/C18H14N2O/c19-18(21)15-8-6-14(7-9-15)16-10-11-20-12-17(16)13-4-2-1-3-5-13/h1-12H,(H2,19,21). The molecule has 0 saturated heterocycles. The Labute approximate surface area is 123 Å². The number of amides is 1. The number of nitrogens with two attached hydrogens (primary N) is 1. The molecule has 102 valence electrons. The number of aromatic nitrogens is 1. The third-order valence-electron chi connectivity index (χ3n) is 3.39. The molecule has 0 radical (unpaired) electrons. The fourth-order valence-electron chi connectivity index (χ4n) is 2.31. The molecular weight excluding hydrogens is 260 g/mol. The number of primary amides is 1. The molecule has 0 spiro atoms. The first-order valence-electron chi connectivity index (χ1n) is 6.65. The molecule has 3 nitrogen and oxygen atoms in total. The summed E-state index contributed by atoms with van der Waals surface area (Å²) in [5, 5.41) is 0. The molecule has 0 bridgehead atoms. The minimum atomic E-state index is -0.417. The maximum atomic E-state index is 11.1. The van der Waals surface area contributed by atoms with Gasteiger partial charge in [-0.2, -0.15) is 0 Å². The van der Waals surface area contributed by atoms with E-state index in [9.17, 15) is 4.79 Å². The zero-order valence-corrected chi connectivity index (χ0v) is 11.4. The third kappa shape index (κ3) is 2.67. The lowest BCUT2D eigenvalue weighted by molar-refractivity contribution is 0.100. The van der Waals surface area contributed by atoms with E-state index in [4.69, 9.17) is 5.73 Å². The minimum absolute atomic E-state index is 0.417. The Morgan fingerprint density at radius 2 is 1.48 bits per heavy atom. The summed E-state index contributed by atoms with van der Waals surface area (Å²) in [5.74, 6) is -0.417. The number of rotatable bonds is 3. The van der Waals surface area contributed by atoms with Gasteiger partial charge in [0, 0.05) is 23.5 Å². The number of benzene rings is 2. The molecule has 0 atom stereocenters. The minimum Gasteiger partial charge on any atom is -0.366 e. The molecule has 0 unspecified atom stereocenters. The van der Waals surface area contributed by atoms with Crippen molar-refractivity contribution in [3.8, 4) is 22.3 Å². The van der Waals surface area contributed by atoms with Crippen molar-refractivity contribution in [2.45, 2.75) is 0 Å². The molecule has 3 rings (SSSR count). The highest BCUT2D eigenvalue weighted by Crippen LogP contribution is 2.31. The van der Waals surface area contributed by atoms with Gasteiger partial charge in [0.15, 0.2) is 0 Å². The molecule has 21 heavy (non-hydrogen) atoms. The number of nitrogens with zero attached hydrogens (tertiary/aromatic N) is 1. The van der Waals surface area contributed by atoms with Crippen LogP contribution in [0.25, 0.3) is 22.3 Å². The summed E-state index contributed by atoms with van der Waals surface area (Å²) in [4.78, 5) is 15.4. The molecular formula is C18H14N2O. The van der Waals surface area contributed by atoms with Gasteiger partial charge >= 0.3 is 0 Å². The van der Waals surface area contributed by atoms with Crippen LogP contribution in [-0.4, -0.2) is 10.9 Å². The van der Waals surface area contributed by atoms with E-state index in [2.05, 4.69) is 17.1 Å². The Morgan fingerprint density at radius 3 is 2.14 bits per heavy atom. The number of pyridine rings is 1. The molecule has 2 N–H and O–H groups in total. The number of hydrogen-bond acceptors (Lipinski definition) is 2. The fraction of sp³-hybridized carbons (Fsp3) is 0. The molecule has 1 amide bonds. The Hall–Kier alpha value is -2.94. The highest BCUT2D eigenvalue weighted by atomic mass is 16.1. The largest absolute Gasteiger partial charge is 0.366 e. The summed E-state index contributed by atoms with van der Waals surface area (Å²) in [6.45, 7) is 0. The van der Waals surface area contributed by atoms with E-state index in [1.807, 2.05) is 42.6 Å². The lowest BCUT2D eigenvalue weighted by atomic mass is 9.96. The van der Waals surface area contributed by atoms with Crippen LogP contribution >= 0.6 is 0 Å². The van der Waals surface area contributed by atoms with Gasteiger partial charge in [0.05, 0.1) is 0 Å². The van der Waals surface area contributed by atoms with E-state index < -0.39 is 5.91 Å². The summed E-state index contributed by atoms with van der Waals surface area (Å²) in [5.41, 5.74) is 10.1. The van der Waals surface area contributed by atoms with Gasteiger partial charge in [0.25, 0.3) is 0 Å². The molecule has 0 aliphatic carbocycles. The van der Waals surface area contributed by atoms with E-state index in [0.29, 0.717) is 5.56 Å². The van der Waals surface area contributed by atoms with Gasteiger partial charge in [-0.3, -0.25) is 9.78 Å². The lowest BCUT2D eigenvalue weighted by Gasteiger charge is -2.09. The van der Waals surface area contributed by atoms with E-state index in [-0.39, 0.29) is 0 Å². The van der Waals surface area contributed by atoms with E-state index in [1.54, 1.807) is 18.3 Å². The van der Waals surface area contributed by atoms with E-state index in [0.717, 1.165) is 22.3 Å². The van der Waals surface area contributed by atoms with Crippen molar-refractivity contribution < 1.29 is 4.79 Å². The Bertz CT molecular complexity index is 765. The normalized spacial score (nSPS) is 10.3. The van der Waals surface area contributed by atoms with Gasteiger partial charge in [-0.1, -0.05) is 42.5 Å². The SMILES string of the molecule is NC(=O)c1ccc(-c2ccncc2-c2ccccc2)cc1. The quantitative estimate of drug-likeness (QED) is 0.794. The van der Waals surface area contributed by atoms with Crippen LogP contribution in [0.2, 0.25) is 0 Å². The zero-order valence-electron chi connectivity index (χ0n) is 11.4. The average molecular weight is 274 g/mol. The summed E-state index contributed by atoms with van der Waals surface area (Å²) in [7, 11) is 0. The molecule has 2 aromatic carbocycles. The lowest BCUT2D eigenvalue weighted by Crippen LogP contribution is -2.10. The summed E-state index contributed by atoms with van der Waals surface area (Å²) >= 11 is 0. The second-order valence-corrected chi connectivity index (χ2v) is 4.73. The van der Waals surface area contributed by atoms with Crippen molar-refractivity contribution in [1.29, 1.82) is 0 Å². The predicted molar refractivity (Wildman–Crippen MR) is 83.6 cm³/mol. The first kappa shape index (κ1) is 13.1. The Balaban J connectivity index is 2.09. The second kappa shape index (κ2) is 5.59. The maximum Gasteiger partial charge on any atom is 0.248 e. The smallest absolute Gasteiger partial charge is 0.248 e. The maximum absolute atomic E-state index is 11.1. The molecule has 1 heterocycles. The van der Waals surface area contributed by atoms with Crippen LogP contribution < -0.4 is 5.73 Å². The van der Waals surface area contributed by atoms with Crippen molar-refractivity contribution in [3.05, 3.63) is 78.6 Å². The van der Waals surface area contributed by atoms with Crippen LogP contribution in [0.5, 0.6) is 0 Å². The molecule has 3 heteroatoms. The van der Waals surface area contributed by atoms with Gasteiger partial charge < -0.3 is 5.73 Å². The van der Waals surface area contributed by atoms with E-state index in [1.165, 1.54) is 0 Å². The highest BCUT2D eigenvalue weighted by Gasteiger charge is 2.08. The van der Waals surface area contributed by atoms with Crippen LogP contribution in [0.1, 0.15) is 10.4 Å². The second-order valence-electron chi connectivity index (χ2n) is 4.73. The molecule has 0 aliphatic heterocycles. The van der Waals surface area contributed by atoms with Crippen molar-refractivity contribution in [1.82, 2.24) is 4.98 Å². The van der Waals surface area contributed by atoms with Gasteiger partial charge in [-0.25, -0.2) is 0 Å². The van der Waals surface area contributed by atoms with Crippen LogP contribution in [0, 0.1) is 0 Å². The number of hydrogen-bond donors (Lipinski definition) is 1. The van der Waals surface area contributed by atoms with Gasteiger partial charge in [-0.15, -0.1) is 0 Å². The number of carbonyl (C=O) groups is 1. The van der Waals surface area contributed by atoms with Gasteiger partial charge in [-0.05, 0) is 34.9 Å². The van der Waals surface area contributed by atoms with Crippen molar-refractivity contribution in [2.24, 2.45) is 5.73 Å². The molecule has 3 aromatic rings. The van der Waals surface area contributed by atoms with Crippen LogP contribution in [0.15, 0.2) is 73.1 Å². The molecule has 1 aromatic heterocycles. The highest BCUT2D eigenvalue weighted by molar-refractivity contribution is 5.93. The summed E-state index contributed by atoms with van der Waals surface area (Å²) < 4.78 is 0. The molecule has 0 saturated carbocycles. The zero-order chi connectivity index (χ0) is 14.7. The van der Waals surface area contributed by atoms with E-state index >= 15 is 0 Å². The number of carbonyl (C=O) groups excluding carboxylic acids is 1. The van der Waals surface area contributed by atoms with Gasteiger partial charge in [0.1, 0.15) is 0 Å². The Kier molecular flexibility index (Phi) is 3.48. The Morgan fingerprint density at radius 1 is 0.810 bits per heavy atom.